The lowest BCUT2D eigenvalue weighted by molar-refractivity contribution is 0.669. The summed E-state index contributed by atoms with van der Waals surface area (Å²) in [5.41, 5.74) is 4.94. The van der Waals surface area contributed by atoms with Crippen molar-refractivity contribution < 1.29 is 4.42 Å². The van der Waals surface area contributed by atoms with Crippen molar-refractivity contribution in [2.45, 2.75) is 0 Å². The Morgan fingerprint density at radius 1 is 0.815 bits per heavy atom. The van der Waals surface area contributed by atoms with Crippen LogP contribution < -0.4 is 0 Å². The molecule has 6 rings (SSSR count). The molecule has 6 aromatic rings. The largest absolute Gasteiger partial charge is 0.455 e. The molecule has 0 atom stereocenters. The maximum Gasteiger partial charge on any atom is 0.147 e. The number of furan rings is 1. The van der Waals surface area contributed by atoms with E-state index in [1.165, 1.54) is 10.8 Å². The molecule has 3 heteroatoms. The van der Waals surface area contributed by atoms with Gasteiger partial charge in [-0.15, -0.1) is 0 Å². The molecule has 3 nitrogen and oxygen atoms in total. The Morgan fingerprint density at radius 3 is 2.44 bits per heavy atom. The predicted molar refractivity (Wildman–Crippen MR) is 111 cm³/mol. The van der Waals surface area contributed by atoms with Gasteiger partial charge in [0.15, 0.2) is 0 Å². The number of hydrogen-bond donors (Lipinski definition) is 0. The number of para-hydroxylation sites is 3. The molecule has 2 heterocycles. The van der Waals surface area contributed by atoms with Gasteiger partial charge in [-0.1, -0.05) is 54.6 Å². The highest BCUT2D eigenvalue weighted by atomic mass is 16.3. The maximum absolute atomic E-state index is 6.34. The van der Waals surface area contributed by atoms with Gasteiger partial charge in [0.05, 0.1) is 16.6 Å². The van der Waals surface area contributed by atoms with Crippen LogP contribution in [0.4, 0.5) is 0 Å². The molecule has 0 bridgehead atoms. The lowest BCUT2D eigenvalue weighted by atomic mass is 10.00. The normalized spacial score (nSPS) is 11.9. The minimum atomic E-state index is 0.897. The van der Waals surface area contributed by atoms with Crippen LogP contribution in [0.2, 0.25) is 0 Å². The Kier molecular flexibility index (Phi) is 2.81. The number of fused-ring (bicyclic) bond motifs is 6. The summed E-state index contributed by atoms with van der Waals surface area (Å²) < 4.78 is 8.49. The van der Waals surface area contributed by atoms with Crippen molar-refractivity contribution >= 4 is 43.7 Å². The van der Waals surface area contributed by atoms with E-state index in [9.17, 15) is 0 Å². The van der Waals surface area contributed by atoms with Gasteiger partial charge < -0.3 is 8.98 Å². The highest BCUT2D eigenvalue weighted by Crippen LogP contribution is 2.40. The van der Waals surface area contributed by atoms with Gasteiger partial charge in [-0.2, -0.15) is 0 Å². The van der Waals surface area contributed by atoms with Gasteiger partial charge >= 0.3 is 0 Å². The summed E-state index contributed by atoms with van der Waals surface area (Å²) in [7, 11) is 2.06. The Labute approximate surface area is 155 Å². The van der Waals surface area contributed by atoms with Crippen molar-refractivity contribution in [3.8, 4) is 11.4 Å². The van der Waals surface area contributed by atoms with Crippen molar-refractivity contribution in [1.29, 1.82) is 0 Å². The molecule has 4 aromatic carbocycles. The van der Waals surface area contributed by atoms with Crippen molar-refractivity contribution in [2.75, 3.05) is 0 Å². The standard InChI is InChI=1S/C24H16N2O/c1-26-20-12-6-5-11-19(20)25-24(26)18-14-15-8-2-3-9-16(15)22-17-10-4-7-13-21(17)27-23(18)22/h2-14H,1H3. The smallest absolute Gasteiger partial charge is 0.147 e. The zero-order valence-corrected chi connectivity index (χ0v) is 14.8. The monoisotopic (exact) mass is 348 g/mol. The molecular formula is C24H16N2O. The summed E-state index contributed by atoms with van der Waals surface area (Å²) in [6, 6.07) is 27.1. The van der Waals surface area contributed by atoms with Crippen LogP contribution in [0.1, 0.15) is 0 Å². The maximum atomic E-state index is 6.34. The second kappa shape index (κ2) is 5.21. The zero-order chi connectivity index (χ0) is 18.0. The number of aryl methyl sites for hydroxylation is 1. The van der Waals surface area contributed by atoms with E-state index in [1.54, 1.807) is 0 Å². The molecular weight excluding hydrogens is 332 g/mol. The van der Waals surface area contributed by atoms with E-state index in [0.717, 1.165) is 44.4 Å². The average Bonchev–Trinajstić information content (AvgIpc) is 3.26. The molecule has 128 valence electrons. The van der Waals surface area contributed by atoms with Crippen LogP contribution in [0.3, 0.4) is 0 Å². The fourth-order valence-corrected chi connectivity index (χ4v) is 4.13. The van der Waals surface area contributed by atoms with E-state index in [0.29, 0.717) is 0 Å². The fraction of sp³-hybridized carbons (Fsp3) is 0.0417. The minimum absolute atomic E-state index is 0.897. The third-order valence-electron chi connectivity index (χ3n) is 5.40. The van der Waals surface area contributed by atoms with E-state index < -0.39 is 0 Å². The summed E-state index contributed by atoms with van der Waals surface area (Å²) >= 11 is 0. The number of nitrogens with zero attached hydrogens (tertiary/aromatic N) is 2. The Morgan fingerprint density at radius 2 is 1.56 bits per heavy atom. The van der Waals surface area contributed by atoms with E-state index in [-0.39, 0.29) is 0 Å². The summed E-state index contributed by atoms with van der Waals surface area (Å²) in [5, 5.41) is 4.70. The van der Waals surface area contributed by atoms with Gasteiger partial charge in [0.1, 0.15) is 17.0 Å². The highest BCUT2D eigenvalue weighted by Gasteiger charge is 2.19. The second-order valence-electron chi connectivity index (χ2n) is 6.93. The molecule has 0 radical (unpaired) electrons. The number of benzene rings is 4. The molecule has 0 saturated carbocycles. The summed E-state index contributed by atoms with van der Waals surface area (Å²) in [5.74, 6) is 0.922. The molecule has 0 N–H and O–H groups in total. The molecule has 27 heavy (non-hydrogen) atoms. The van der Waals surface area contributed by atoms with E-state index in [1.807, 2.05) is 24.3 Å². The van der Waals surface area contributed by atoms with Crippen LogP contribution in [0.15, 0.2) is 83.3 Å². The van der Waals surface area contributed by atoms with Gasteiger partial charge in [-0.05, 0) is 35.0 Å². The lowest BCUT2D eigenvalue weighted by Crippen LogP contribution is -1.93. The van der Waals surface area contributed by atoms with Crippen LogP contribution in [0.5, 0.6) is 0 Å². The molecule has 2 aromatic heterocycles. The zero-order valence-electron chi connectivity index (χ0n) is 14.8. The van der Waals surface area contributed by atoms with Crippen LogP contribution in [-0.4, -0.2) is 9.55 Å². The number of aromatic nitrogens is 2. The van der Waals surface area contributed by atoms with Gasteiger partial charge in [0.25, 0.3) is 0 Å². The molecule has 0 aliphatic carbocycles. The lowest BCUT2D eigenvalue weighted by Gasteiger charge is -2.07. The second-order valence-corrected chi connectivity index (χ2v) is 6.93. The van der Waals surface area contributed by atoms with Crippen LogP contribution >= 0.6 is 0 Å². The number of imidazole rings is 1. The third-order valence-corrected chi connectivity index (χ3v) is 5.40. The summed E-state index contributed by atoms with van der Waals surface area (Å²) in [6.45, 7) is 0. The Hall–Kier alpha value is -3.59. The highest BCUT2D eigenvalue weighted by molar-refractivity contribution is 6.22. The molecule has 0 saturated heterocycles. The minimum Gasteiger partial charge on any atom is -0.455 e. The first-order valence-electron chi connectivity index (χ1n) is 9.06. The molecule has 0 amide bonds. The average molecular weight is 348 g/mol. The molecule has 0 fully saturated rings. The van der Waals surface area contributed by atoms with Gasteiger partial charge in [0, 0.05) is 17.8 Å². The van der Waals surface area contributed by atoms with Crippen LogP contribution in [-0.2, 0) is 7.05 Å². The summed E-state index contributed by atoms with van der Waals surface area (Å²) in [4.78, 5) is 4.91. The van der Waals surface area contributed by atoms with Gasteiger partial charge in [-0.25, -0.2) is 4.98 Å². The topological polar surface area (TPSA) is 31.0 Å². The Balaban J connectivity index is 1.84. The first-order valence-corrected chi connectivity index (χ1v) is 9.06. The first-order chi connectivity index (χ1) is 13.3. The number of hydrogen-bond acceptors (Lipinski definition) is 2. The first kappa shape index (κ1) is 14.6. The SMILES string of the molecule is Cn1c(-c2cc3ccccc3c3c2oc2ccccc23)nc2ccccc21. The third kappa shape index (κ3) is 1.94. The van der Waals surface area contributed by atoms with Crippen LogP contribution in [0, 0.1) is 0 Å². The molecule has 0 spiro atoms. The molecule has 0 aliphatic heterocycles. The van der Waals surface area contributed by atoms with E-state index in [2.05, 4.69) is 66.2 Å². The molecule has 0 unspecified atom stereocenters. The predicted octanol–water partition coefficient (Wildman–Crippen LogP) is 6.29. The quantitative estimate of drug-likeness (QED) is 0.349. The van der Waals surface area contributed by atoms with Crippen molar-refractivity contribution in [3.63, 3.8) is 0 Å². The van der Waals surface area contributed by atoms with Gasteiger partial charge in [0.2, 0.25) is 0 Å². The van der Waals surface area contributed by atoms with Crippen LogP contribution in [0.25, 0.3) is 55.1 Å². The molecule has 0 aliphatic rings. The van der Waals surface area contributed by atoms with E-state index >= 15 is 0 Å². The fourth-order valence-electron chi connectivity index (χ4n) is 4.13. The van der Waals surface area contributed by atoms with Crippen molar-refractivity contribution in [3.05, 3.63) is 78.9 Å². The van der Waals surface area contributed by atoms with Gasteiger partial charge in [-0.3, -0.25) is 0 Å². The number of rotatable bonds is 1. The Bertz CT molecular complexity index is 1490. The van der Waals surface area contributed by atoms with E-state index in [4.69, 9.17) is 9.40 Å². The van der Waals surface area contributed by atoms with Crippen molar-refractivity contribution in [2.24, 2.45) is 7.05 Å². The summed E-state index contributed by atoms with van der Waals surface area (Å²) in [6.07, 6.45) is 0. The van der Waals surface area contributed by atoms with Crippen molar-refractivity contribution in [1.82, 2.24) is 9.55 Å².